The van der Waals surface area contributed by atoms with Gasteiger partial charge in [0, 0.05) is 23.9 Å². The van der Waals surface area contributed by atoms with Crippen LogP contribution in [0.1, 0.15) is 19.8 Å². The Bertz CT molecular complexity index is 528. The van der Waals surface area contributed by atoms with Gasteiger partial charge in [0.15, 0.2) is 0 Å². The van der Waals surface area contributed by atoms with Crippen LogP contribution in [-0.4, -0.2) is 10.9 Å². The van der Waals surface area contributed by atoms with Crippen molar-refractivity contribution in [3.05, 3.63) is 36.5 Å². The van der Waals surface area contributed by atoms with Crippen molar-refractivity contribution in [1.29, 1.82) is 0 Å². The third-order valence-corrected chi connectivity index (χ3v) is 2.68. The zero-order chi connectivity index (χ0) is 13.0. The van der Waals surface area contributed by atoms with Crippen molar-refractivity contribution in [1.82, 2.24) is 4.98 Å². The highest BCUT2D eigenvalue weighted by Crippen LogP contribution is 2.23. The lowest BCUT2D eigenvalue weighted by Crippen LogP contribution is -2.10. The minimum absolute atomic E-state index is 0.0307. The molecule has 4 heteroatoms. The molecule has 0 fully saturated rings. The highest BCUT2D eigenvalue weighted by atomic mass is 16.1. The molecule has 4 N–H and O–H groups in total. The number of carbonyl (C=O) groups excluding carboxylic acids is 1. The van der Waals surface area contributed by atoms with Crippen LogP contribution in [0.4, 0.5) is 11.5 Å². The molecule has 0 aliphatic rings. The molecule has 18 heavy (non-hydrogen) atoms. The highest BCUT2D eigenvalue weighted by molar-refractivity contribution is 5.90. The summed E-state index contributed by atoms with van der Waals surface area (Å²) in [6, 6.07) is 9.54. The number of hydrogen-bond donors (Lipinski definition) is 3. The summed E-state index contributed by atoms with van der Waals surface area (Å²) in [5, 5.41) is 2.83. The lowest BCUT2D eigenvalue weighted by molar-refractivity contribution is -0.116. The second kappa shape index (κ2) is 5.40. The maximum Gasteiger partial charge on any atom is 0.225 e. The van der Waals surface area contributed by atoms with Crippen LogP contribution in [0.15, 0.2) is 36.5 Å². The average Bonchev–Trinajstić information content (AvgIpc) is 2.78. The van der Waals surface area contributed by atoms with E-state index in [4.69, 9.17) is 5.73 Å². The molecule has 0 aliphatic carbocycles. The number of H-pyrrole nitrogens is 1. The van der Waals surface area contributed by atoms with E-state index in [2.05, 4.69) is 10.3 Å². The number of aromatic nitrogens is 1. The molecule has 1 aromatic carbocycles. The van der Waals surface area contributed by atoms with Crippen LogP contribution >= 0.6 is 0 Å². The van der Waals surface area contributed by atoms with Gasteiger partial charge in [0.1, 0.15) is 5.82 Å². The zero-order valence-electron chi connectivity index (χ0n) is 10.4. The number of nitrogens with two attached hydrogens (primary N) is 1. The number of carbonyl (C=O) groups is 1. The molecule has 0 saturated carbocycles. The van der Waals surface area contributed by atoms with Crippen molar-refractivity contribution in [3.8, 4) is 11.1 Å². The van der Waals surface area contributed by atoms with Gasteiger partial charge in [0.2, 0.25) is 5.91 Å². The van der Waals surface area contributed by atoms with Crippen molar-refractivity contribution >= 4 is 17.4 Å². The van der Waals surface area contributed by atoms with Crippen LogP contribution in [0.25, 0.3) is 11.1 Å². The fourth-order valence-corrected chi connectivity index (χ4v) is 1.75. The molecule has 0 spiro atoms. The lowest BCUT2D eigenvalue weighted by Gasteiger charge is -2.00. The Balaban J connectivity index is 2.10. The van der Waals surface area contributed by atoms with Gasteiger partial charge in [-0.3, -0.25) is 4.79 Å². The fourth-order valence-electron chi connectivity index (χ4n) is 1.75. The van der Waals surface area contributed by atoms with E-state index in [0.29, 0.717) is 6.42 Å². The number of amides is 1. The van der Waals surface area contributed by atoms with E-state index in [-0.39, 0.29) is 5.91 Å². The van der Waals surface area contributed by atoms with Gasteiger partial charge in [-0.15, -0.1) is 0 Å². The first kappa shape index (κ1) is 12.2. The maximum atomic E-state index is 11.5. The Kier molecular flexibility index (Phi) is 3.67. The number of aromatic amines is 1. The Morgan fingerprint density at radius 2 is 2.00 bits per heavy atom. The summed E-state index contributed by atoms with van der Waals surface area (Å²) < 4.78 is 0. The molecule has 94 valence electrons. The molecular weight excluding hydrogens is 226 g/mol. The summed E-state index contributed by atoms with van der Waals surface area (Å²) in [7, 11) is 0. The molecule has 4 nitrogen and oxygen atoms in total. The topological polar surface area (TPSA) is 70.9 Å². The van der Waals surface area contributed by atoms with Crippen LogP contribution in [0.2, 0.25) is 0 Å². The predicted octanol–water partition coefficient (Wildman–Crippen LogP) is 3.00. The van der Waals surface area contributed by atoms with E-state index in [0.717, 1.165) is 29.1 Å². The Morgan fingerprint density at radius 1 is 1.28 bits per heavy atom. The van der Waals surface area contributed by atoms with E-state index < -0.39 is 0 Å². The van der Waals surface area contributed by atoms with Gasteiger partial charge in [-0.25, -0.2) is 0 Å². The molecule has 1 aromatic heterocycles. The maximum absolute atomic E-state index is 11.5. The zero-order valence-corrected chi connectivity index (χ0v) is 10.4. The monoisotopic (exact) mass is 243 g/mol. The molecule has 0 radical (unpaired) electrons. The van der Waals surface area contributed by atoms with Gasteiger partial charge < -0.3 is 16.0 Å². The molecule has 1 heterocycles. The first-order valence-electron chi connectivity index (χ1n) is 6.03. The van der Waals surface area contributed by atoms with Crippen LogP contribution in [-0.2, 0) is 4.79 Å². The highest BCUT2D eigenvalue weighted by Gasteiger charge is 2.04. The number of benzene rings is 1. The van der Waals surface area contributed by atoms with Crippen molar-refractivity contribution in [2.45, 2.75) is 19.8 Å². The number of nitrogen functional groups attached to an aromatic ring is 1. The Morgan fingerprint density at radius 3 is 2.67 bits per heavy atom. The molecule has 0 aliphatic heterocycles. The summed E-state index contributed by atoms with van der Waals surface area (Å²) in [6.07, 6.45) is 3.25. The number of anilines is 2. The number of hydrogen-bond acceptors (Lipinski definition) is 2. The van der Waals surface area contributed by atoms with Crippen molar-refractivity contribution in [2.75, 3.05) is 11.1 Å². The van der Waals surface area contributed by atoms with Gasteiger partial charge >= 0.3 is 0 Å². The minimum Gasteiger partial charge on any atom is -0.399 e. The summed E-state index contributed by atoms with van der Waals surface area (Å²) >= 11 is 0. The van der Waals surface area contributed by atoms with Gasteiger partial charge in [-0.2, -0.15) is 0 Å². The van der Waals surface area contributed by atoms with Crippen molar-refractivity contribution in [2.24, 2.45) is 0 Å². The molecule has 1 amide bonds. The standard InChI is InChI=1S/C14H17N3O/c1-2-3-14(18)17-13-8-11(9-16-13)10-4-6-12(15)7-5-10/h4-9,16H,2-3,15H2,1H3,(H,17,18). The third-order valence-electron chi connectivity index (χ3n) is 2.68. The molecule has 2 rings (SSSR count). The van der Waals surface area contributed by atoms with Gasteiger partial charge in [-0.1, -0.05) is 19.1 Å². The first-order chi connectivity index (χ1) is 8.69. The Hall–Kier alpha value is -2.23. The molecule has 0 saturated heterocycles. The van der Waals surface area contributed by atoms with Crippen LogP contribution in [0, 0.1) is 0 Å². The first-order valence-corrected chi connectivity index (χ1v) is 6.03. The van der Waals surface area contributed by atoms with E-state index in [1.807, 2.05) is 43.5 Å². The molecule has 0 unspecified atom stereocenters. The molecule has 0 bridgehead atoms. The number of nitrogens with one attached hydrogen (secondary N) is 2. The third kappa shape index (κ3) is 2.91. The SMILES string of the molecule is CCCC(=O)Nc1cc(-c2ccc(N)cc2)c[nH]1. The van der Waals surface area contributed by atoms with Crippen LogP contribution < -0.4 is 11.1 Å². The van der Waals surface area contributed by atoms with E-state index in [1.165, 1.54) is 0 Å². The second-order valence-corrected chi connectivity index (χ2v) is 4.22. The van der Waals surface area contributed by atoms with Crippen molar-refractivity contribution in [3.63, 3.8) is 0 Å². The smallest absolute Gasteiger partial charge is 0.225 e. The predicted molar refractivity (Wildman–Crippen MR) is 74.2 cm³/mol. The van der Waals surface area contributed by atoms with Gasteiger partial charge in [-0.05, 0) is 30.2 Å². The second-order valence-electron chi connectivity index (χ2n) is 4.22. The van der Waals surface area contributed by atoms with Gasteiger partial charge in [0.25, 0.3) is 0 Å². The van der Waals surface area contributed by atoms with E-state index in [9.17, 15) is 4.79 Å². The van der Waals surface area contributed by atoms with Crippen LogP contribution in [0.5, 0.6) is 0 Å². The quantitative estimate of drug-likeness (QED) is 0.722. The minimum atomic E-state index is 0.0307. The summed E-state index contributed by atoms with van der Waals surface area (Å²) in [5.74, 6) is 0.753. The summed E-state index contributed by atoms with van der Waals surface area (Å²) in [6.45, 7) is 1.98. The summed E-state index contributed by atoms with van der Waals surface area (Å²) in [4.78, 5) is 14.5. The van der Waals surface area contributed by atoms with Gasteiger partial charge in [0.05, 0.1) is 0 Å². The largest absolute Gasteiger partial charge is 0.399 e. The number of rotatable bonds is 4. The Labute approximate surface area is 106 Å². The lowest BCUT2D eigenvalue weighted by atomic mass is 10.1. The average molecular weight is 243 g/mol. The summed E-state index contributed by atoms with van der Waals surface area (Å²) in [5.41, 5.74) is 8.48. The van der Waals surface area contributed by atoms with Crippen molar-refractivity contribution < 1.29 is 4.79 Å². The van der Waals surface area contributed by atoms with E-state index >= 15 is 0 Å². The normalized spacial score (nSPS) is 10.3. The molecule has 0 atom stereocenters. The molecule has 2 aromatic rings. The van der Waals surface area contributed by atoms with E-state index in [1.54, 1.807) is 0 Å². The fraction of sp³-hybridized carbons (Fsp3) is 0.214. The van der Waals surface area contributed by atoms with Crippen LogP contribution in [0.3, 0.4) is 0 Å². The molecular formula is C14H17N3O.